The second kappa shape index (κ2) is 3.87. The predicted molar refractivity (Wildman–Crippen MR) is 45.8 cm³/mol. The molecule has 68 valence electrons. The fourth-order valence-electron chi connectivity index (χ4n) is 1.05. The molecule has 0 spiro atoms. The van der Waals surface area contributed by atoms with Crippen LogP contribution in [-0.2, 0) is 6.54 Å². The van der Waals surface area contributed by atoms with Crippen LogP contribution in [-0.4, -0.2) is 16.3 Å². The van der Waals surface area contributed by atoms with Crippen LogP contribution in [0.4, 0.5) is 4.39 Å². The van der Waals surface area contributed by atoms with Crippen LogP contribution < -0.4 is 5.73 Å². The fraction of sp³-hybridized carbons (Fsp3) is 0.571. The van der Waals surface area contributed by atoms with Gasteiger partial charge >= 0.3 is 0 Å². The molecule has 2 N–H and O–H groups in total. The molecule has 0 amide bonds. The molecule has 0 aliphatic rings. The molecule has 0 fully saturated rings. The molecule has 1 rings (SSSR count). The maximum atomic E-state index is 13.1. The van der Waals surface area contributed by atoms with Gasteiger partial charge in [-0.25, -0.2) is 4.39 Å². The summed E-state index contributed by atoms with van der Waals surface area (Å²) in [7, 11) is 0. The Kier molecular flexibility index (Phi) is 3.05. The zero-order valence-corrected chi connectivity index (χ0v) is 7.55. The normalized spacial score (nSPS) is 13.3. The highest BCUT2D eigenvalue weighted by molar-refractivity contribution is 6.31. The summed E-state index contributed by atoms with van der Waals surface area (Å²) in [6.07, 6.45) is 0.211. The van der Waals surface area contributed by atoms with Crippen molar-refractivity contribution in [3.05, 3.63) is 16.9 Å². The van der Waals surface area contributed by atoms with Crippen LogP contribution in [0.1, 0.15) is 18.8 Å². The highest BCUT2D eigenvalue weighted by Gasteiger charge is 2.17. The minimum absolute atomic E-state index is 0.0641. The Bertz CT molecular complexity index is 261. The van der Waals surface area contributed by atoms with Crippen molar-refractivity contribution in [1.82, 2.24) is 9.78 Å². The lowest BCUT2D eigenvalue weighted by Crippen LogP contribution is -2.13. The summed E-state index contributed by atoms with van der Waals surface area (Å²) in [5.41, 5.74) is 5.56. The van der Waals surface area contributed by atoms with Gasteiger partial charge in [0.2, 0.25) is 0 Å². The summed E-state index contributed by atoms with van der Waals surface area (Å²) in [5, 5.41) is 4.23. The average Bonchev–Trinajstić information content (AvgIpc) is 2.45. The van der Waals surface area contributed by atoms with Crippen molar-refractivity contribution in [2.45, 2.75) is 19.6 Å². The van der Waals surface area contributed by atoms with Crippen LogP contribution in [0.5, 0.6) is 0 Å². The van der Waals surface area contributed by atoms with E-state index < -0.39 is 6.17 Å². The molecular weight excluding hydrogens is 181 g/mol. The number of hydrogen-bond acceptors (Lipinski definition) is 2. The number of halogens is 2. The minimum atomic E-state index is -1.22. The van der Waals surface area contributed by atoms with E-state index in [9.17, 15) is 4.39 Å². The molecule has 12 heavy (non-hydrogen) atoms. The first-order valence-corrected chi connectivity index (χ1v) is 4.13. The highest BCUT2D eigenvalue weighted by Crippen LogP contribution is 2.24. The van der Waals surface area contributed by atoms with Gasteiger partial charge in [-0.2, -0.15) is 5.10 Å². The number of hydrogen-bond donors (Lipinski definition) is 1. The van der Waals surface area contributed by atoms with E-state index in [1.807, 2.05) is 6.92 Å². The Morgan fingerprint density at radius 1 is 1.83 bits per heavy atom. The first kappa shape index (κ1) is 9.48. The average molecular weight is 192 g/mol. The number of aromatic nitrogens is 2. The molecule has 0 aromatic carbocycles. The lowest BCUT2D eigenvalue weighted by molar-refractivity contribution is 0.329. The third-order valence-corrected chi connectivity index (χ3v) is 1.93. The van der Waals surface area contributed by atoms with Gasteiger partial charge in [0.25, 0.3) is 0 Å². The monoisotopic (exact) mass is 191 g/mol. The number of rotatable bonds is 3. The second-order valence-electron chi connectivity index (χ2n) is 2.40. The zero-order chi connectivity index (χ0) is 9.14. The molecule has 0 saturated carbocycles. The number of aryl methyl sites for hydroxylation is 1. The summed E-state index contributed by atoms with van der Waals surface area (Å²) in [5.74, 6) is 0. The molecule has 3 nitrogen and oxygen atoms in total. The Morgan fingerprint density at radius 2 is 2.50 bits per heavy atom. The van der Waals surface area contributed by atoms with Gasteiger partial charge in [0.05, 0.1) is 16.9 Å². The third kappa shape index (κ3) is 1.59. The van der Waals surface area contributed by atoms with Gasteiger partial charge < -0.3 is 5.73 Å². The second-order valence-corrected chi connectivity index (χ2v) is 2.80. The minimum Gasteiger partial charge on any atom is -0.327 e. The van der Waals surface area contributed by atoms with Gasteiger partial charge in [-0.1, -0.05) is 11.6 Å². The van der Waals surface area contributed by atoms with E-state index in [2.05, 4.69) is 5.10 Å². The van der Waals surface area contributed by atoms with Crippen LogP contribution in [0.2, 0.25) is 5.02 Å². The van der Waals surface area contributed by atoms with Gasteiger partial charge in [0, 0.05) is 13.1 Å². The van der Waals surface area contributed by atoms with Crippen molar-refractivity contribution in [3.63, 3.8) is 0 Å². The van der Waals surface area contributed by atoms with Gasteiger partial charge in [0.15, 0.2) is 6.17 Å². The lowest BCUT2D eigenvalue weighted by atomic mass is 10.3. The lowest BCUT2D eigenvalue weighted by Gasteiger charge is -2.07. The maximum absolute atomic E-state index is 13.1. The van der Waals surface area contributed by atoms with Crippen LogP contribution >= 0.6 is 11.6 Å². The maximum Gasteiger partial charge on any atom is 0.155 e. The smallest absolute Gasteiger partial charge is 0.155 e. The molecule has 0 aliphatic heterocycles. The van der Waals surface area contributed by atoms with E-state index in [0.29, 0.717) is 17.3 Å². The molecule has 0 saturated heterocycles. The SMILES string of the molecule is CCn1ncc(Cl)c1C(F)CN. The highest BCUT2D eigenvalue weighted by atomic mass is 35.5. The Labute approximate surface area is 75.3 Å². The van der Waals surface area contributed by atoms with Gasteiger partial charge in [-0.05, 0) is 6.92 Å². The van der Waals surface area contributed by atoms with Crippen molar-refractivity contribution < 1.29 is 4.39 Å². The first-order chi connectivity index (χ1) is 5.70. The van der Waals surface area contributed by atoms with Crippen molar-refractivity contribution in [1.29, 1.82) is 0 Å². The van der Waals surface area contributed by atoms with Gasteiger partial charge in [-0.15, -0.1) is 0 Å². The van der Waals surface area contributed by atoms with E-state index in [1.54, 1.807) is 0 Å². The molecular formula is C7H11ClFN3. The summed E-state index contributed by atoms with van der Waals surface area (Å²) in [4.78, 5) is 0. The van der Waals surface area contributed by atoms with Gasteiger partial charge in [-0.3, -0.25) is 4.68 Å². The zero-order valence-electron chi connectivity index (χ0n) is 6.80. The van der Waals surface area contributed by atoms with Crippen LogP contribution in [0.25, 0.3) is 0 Å². The van der Waals surface area contributed by atoms with E-state index in [4.69, 9.17) is 17.3 Å². The molecule has 1 heterocycles. The molecule has 0 radical (unpaired) electrons. The summed E-state index contributed by atoms with van der Waals surface area (Å²) in [6, 6.07) is 0. The molecule has 1 aromatic rings. The summed E-state index contributed by atoms with van der Waals surface area (Å²) < 4.78 is 14.6. The molecule has 1 unspecified atom stereocenters. The quantitative estimate of drug-likeness (QED) is 0.788. The van der Waals surface area contributed by atoms with E-state index >= 15 is 0 Å². The molecule has 0 bridgehead atoms. The molecule has 0 aliphatic carbocycles. The largest absolute Gasteiger partial charge is 0.327 e. The molecule has 5 heteroatoms. The fourth-order valence-corrected chi connectivity index (χ4v) is 1.31. The Morgan fingerprint density at radius 3 is 3.00 bits per heavy atom. The topological polar surface area (TPSA) is 43.8 Å². The predicted octanol–water partition coefficient (Wildman–Crippen LogP) is 1.53. The third-order valence-electron chi connectivity index (χ3n) is 1.64. The summed E-state index contributed by atoms with van der Waals surface area (Å²) >= 11 is 5.72. The van der Waals surface area contributed by atoms with Crippen LogP contribution in [0, 0.1) is 0 Å². The first-order valence-electron chi connectivity index (χ1n) is 3.76. The Hall–Kier alpha value is -0.610. The standard InChI is InChI=1S/C7H11ClFN3/c1-2-12-7(6(9)3-10)5(8)4-11-12/h4,6H,2-3,10H2,1H3. The van der Waals surface area contributed by atoms with E-state index in [0.717, 1.165) is 0 Å². The van der Waals surface area contributed by atoms with Crippen LogP contribution in [0.15, 0.2) is 6.20 Å². The van der Waals surface area contributed by atoms with E-state index in [-0.39, 0.29) is 6.54 Å². The van der Waals surface area contributed by atoms with E-state index in [1.165, 1.54) is 10.9 Å². The van der Waals surface area contributed by atoms with Crippen molar-refractivity contribution in [2.75, 3.05) is 6.54 Å². The molecule has 1 atom stereocenters. The molecule has 1 aromatic heterocycles. The number of nitrogens with zero attached hydrogens (tertiary/aromatic N) is 2. The summed E-state index contributed by atoms with van der Waals surface area (Å²) in [6.45, 7) is 2.41. The van der Waals surface area contributed by atoms with Gasteiger partial charge in [0.1, 0.15) is 0 Å². The van der Waals surface area contributed by atoms with Crippen LogP contribution in [0.3, 0.4) is 0 Å². The van der Waals surface area contributed by atoms with Crippen molar-refractivity contribution in [2.24, 2.45) is 5.73 Å². The number of nitrogens with two attached hydrogens (primary N) is 1. The van der Waals surface area contributed by atoms with Crippen molar-refractivity contribution >= 4 is 11.6 Å². The number of alkyl halides is 1. The Balaban J connectivity index is 3.01. The van der Waals surface area contributed by atoms with Crippen molar-refractivity contribution in [3.8, 4) is 0 Å².